The summed E-state index contributed by atoms with van der Waals surface area (Å²) in [5.41, 5.74) is 8.14. The minimum absolute atomic E-state index is 0.589. The molecule has 0 saturated carbocycles. The number of hydrogen-bond donors (Lipinski definition) is 1. The molecule has 2 rings (SSSR count). The number of fused-ring (bicyclic) bond motifs is 1. The molecule has 100 valence electrons. The highest BCUT2D eigenvalue weighted by Crippen LogP contribution is 2.16. The second-order valence-electron chi connectivity index (χ2n) is 4.33. The Morgan fingerprint density at radius 1 is 1.21 bits per heavy atom. The molecule has 0 aliphatic rings. The van der Waals surface area contributed by atoms with Crippen LogP contribution in [0.25, 0.3) is 10.9 Å². The molecule has 0 aliphatic carbocycles. The lowest BCUT2D eigenvalue weighted by Gasteiger charge is -2.19. The molecule has 0 fully saturated rings. The molecule has 2 N–H and O–H groups in total. The Hall–Kier alpha value is -2.10. The summed E-state index contributed by atoms with van der Waals surface area (Å²) < 4.78 is 0. The standard InChI is InChI=1S/C15H20N4/c1-3-19(4-2)15(16)18-11-12-9-10-17-14-8-6-5-7-13(12)14/h5-10H,3-4,11H2,1-2H3,(H2,16,18). The Morgan fingerprint density at radius 3 is 2.68 bits per heavy atom. The molecule has 4 nitrogen and oxygen atoms in total. The molecule has 0 saturated heterocycles. The quantitative estimate of drug-likeness (QED) is 0.675. The number of pyridine rings is 1. The van der Waals surface area contributed by atoms with Crippen molar-refractivity contribution >= 4 is 16.9 Å². The van der Waals surface area contributed by atoms with Crippen LogP contribution >= 0.6 is 0 Å². The summed E-state index contributed by atoms with van der Waals surface area (Å²) in [6.07, 6.45) is 1.82. The fourth-order valence-corrected chi connectivity index (χ4v) is 2.11. The molecule has 1 heterocycles. The highest BCUT2D eigenvalue weighted by Gasteiger charge is 2.04. The van der Waals surface area contributed by atoms with E-state index in [0.29, 0.717) is 12.5 Å². The van der Waals surface area contributed by atoms with E-state index in [0.717, 1.165) is 29.6 Å². The Bertz CT molecular complexity index is 568. The number of aromatic nitrogens is 1. The fraction of sp³-hybridized carbons (Fsp3) is 0.333. The number of guanidine groups is 1. The van der Waals surface area contributed by atoms with E-state index in [2.05, 4.69) is 29.9 Å². The van der Waals surface area contributed by atoms with Crippen LogP contribution in [0.15, 0.2) is 41.5 Å². The first kappa shape index (κ1) is 13.3. The number of rotatable bonds is 4. The number of aliphatic imine (C=N–C) groups is 1. The molecule has 0 amide bonds. The molecule has 0 atom stereocenters. The minimum Gasteiger partial charge on any atom is -0.370 e. The van der Waals surface area contributed by atoms with Gasteiger partial charge in [0.15, 0.2) is 5.96 Å². The molecule has 4 heteroatoms. The van der Waals surface area contributed by atoms with Gasteiger partial charge in [-0.15, -0.1) is 0 Å². The first-order chi connectivity index (χ1) is 9.26. The SMILES string of the molecule is CCN(CC)C(N)=NCc1ccnc2ccccc12. The number of nitrogens with two attached hydrogens (primary N) is 1. The van der Waals surface area contributed by atoms with Crippen molar-refractivity contribution in [3.63, 3.8) is 0 Å². The maximum absolute atomic E-state index is 5.99. The van der Waals surface area contributed by atoms with Crippen molar-refractivity contribution < 1.29 is 0 Å². The Kier molecular flexibility index (Phi) is 4.34. The van der Waals surface area contributed by atoms with Crippen LogP contribution in [0.2, 0.25) is 0 Å². The second kappa shape index (κ2) is 6.18. The Morgan fingerprint density at radius 2 is 1.95 bits per heavy atom. The summed E-state index contributed by atoms with van der Waals surface area (Å²) >= 11 is 0. The summed E-state index contributed by atoms with van der Waals surface area (Å²) in [6, 6.07) is 10.1. The van der Waals surface area contributed by atoms with Crippen molar-refractivity contribution in [2.75, 3.05) is 13.1 Å². The highest BCUT2D eigenvalue weighted by atomic mass is 15.2. The molecule has 1 aromatic heterocycles. The third kappa shape index (κ3) is 3.02. The van der Waals surface area contributed by atoms with Crippen LogP contribution in [-0.4, -0.2) is 28.9 Å². The number of hydrogen-bond acceptors (Lipinski definition) is 2. The average Bonchev–Trinajstić information content (AvgIpc) is 2.46. The van der Waals surface area contributed by atoms with E-state index in [1.54, 1.807) is 0 Å². The van der Waals surface area contributed by atoms with Gasteiger partial charge in [-0.2, -0.15) is 0 Å². The molecule has 0 radical (unpaired) electrons. The summed E-state index contributed by atoms with van der Waals surface area (Å²) in [5.74, 6) is 0.603. The van der Waals surface area contributed by atoms with Crippen molar-refractivity contribution in [2.24, 2.45) is 10.7 Å². The van der Waals surface area contributed by atoms with Crippen LogP contribution in [0.5, 0.6) is 0 Å². The fourth-order valence-electron chi connectivity index (χ4n) is 2.11. The van der Waals surface area contributed by atoms with Gasteiger partial charge in [0.25, 0.3) is 0 Å². The molecule has 0 spiro atoms. The van der Waals surface area contributed by atoms with Crippen molar-refractivity contribution in [1.82, 2.24) is 9.88 Å². The highest BCUT2D eigenvalue weighted by molar-refractivity contribution is 5.82. The summed E-state index contributed by atoms with van der Waals surface area (Å²) in [7, 11) is 0. The van der Waals surface area contributed by atoms with Crippen LogP contribution in [0.3, 0.4) is 0 Å². The molecule has 1 aromatic carbocycles. The van der Waals surface area contributed by atoms with Crippen LogP contribution < -0.4 is 5.73 Å². The van der Waals surface area contributed by atoms with Crippen LogP contribution in [0.4, 0.5) is 0 Å². The molecule has 0 unspecified atom stereocenters. The topological polar surface area (TPSA) is 54.5 Å². The zero-order valence-corrected chi connectivity index (χ0v) is 11.5. The maximum Gasteiger partial charge on any atom is 0.191 e. The smallest absolute Gasteiger partial charge is 0.191 e. The zero-order valence-electron chi connectivity index (χ0n) is 11.5. The lowest BCUT2D eigenvalue weighted by atomic mass is 10.1. The van der Waals surface area contributed by atoms with E-state index in [1.807, 2.05) is 35.4 Å². The monoisotopic (exact) mass is 256 g/mol. The molecule has 2 aromatic rings. The van der Waals surface area contributed by atoms with Crippen LogP contribution in [-0.2, 0) is 6.54 Å². The van der Waals surface area contributed by atoms with Crippen LogP contribution in [0.1, 0.15) is 19.4 Å². The third-order valence-electron chi connectivity index (χ3n) is 3.24. The van der Waals surface area contributed by atoms with E-state index in [-0.39, 0.29) is 0 Å². The van der Waals surface area contributed by atoms with Crippen molar-refractivity contribution in [3.8, 4) is 0 Å². The van der Waals surface area contributed by atoms with E-state index in [4.69, 9.17) is 5.73 Å². The lowest BCUT2D eigenvalue weighted by molar-refractivity contribution is 0.458. The second-order valence-corrected chi connectivity index (χ2v) is 4.33. The minimum atomic E-state index is 0.589. The largest absolute Gasteiger partial charge is 0.370 e. The summed E-state index contributed by atoms with van der Waals surface area (Å²) in [4.78, 5) is 10.9. The average molecular weight is 256 g/mol. The molecule has 0 aliphatic heterocycles. The maximum atomic E-state index is 5.99. The van der Waals surface area contributed by atoms with Gasteiger partial charge >= 0.3 is 0 Å². The summed E-state index contributed by atoms with van der Waals surface area (Å²) in [6.45, 7) is 6.50. The van der Waals surface area contributed by atoms with E-state index in [9.17, 15) is 0 Å². The number of para-hydroxylation sites is 1. The first-order valence-corrected chi connectivity index (χ1v) is 6.63. The first-order valence-electron chi connectivity index (χ1n) is 6.63. The van der Waals surface area contributed by atoms with Gasteiger partial charge < -0.3 is 10.6 Å². The predicted molar refractivity (Wildman–Crippen MR) is 80.0 cm³/mol. The van der Waals surface area contributed by atoms with Gasteiger partial charge in [-0.1, -0.05) is 18.2 Å². The molecule has 0 bridgehead atoms. The molecular weight excluding hydrogens is 236 g/mol. The van der Waals surface area contributed by atoms with Crippen molar-refractivity contribution in [1.29, 1.82) is 0 Å². The number of nitrogens with zero attached hydrogens (tertiary/aromatic N) is 3. The third-order valence-corrected chi connectivity index (χ3v) is 3.24. The Labute approximate surface area is 114 Å². The van der Waals surface area contributed by atoms with E-state index < -0.39 is 0 Å². The van der Waals surface area contributed by atoms with Gasteiger partial charge in [0, 0.05) is 24.7 Å². The summed E-state index contributed by atoms with van der Waals surface area (Å²) in [5, 5.41) is 1.14. The van der Waals surface area contributed by atoms with Gasteiger partial charge in [-0.3, -0.25) is 4.98 Å². The Balaban J connectivity index is 2.24. The van der Waals surface area contributed by atoms with Gasteiger partial charge in [-0.25, -0.2) is 4.99 Å². The van der Waals surface area contributed by atoms with E-state index >= 15 is 0 Å². The normalized spacial score (nSPS) is 11.8. The van der Waals surface area contributed by atoms with Crippen molar-refractivity contribution in [3.05, 3.63) is 42.1 Å². The van der Waals surface area contributed by atoms with Gasteiger partial charge in [0.05, 0.1) is 12.1 Å². The van der Waals surface area contributed by atoms with Gasteiger partial charge in [-0.05, 0) is 31.5 Å². The van der Waals surface area contributed by atoms with Gasteiger partial charge in [0.2, 0.25) is 0 Å². The van der Waals surface area contributed by atoms with Crippen molar-refractivity contribution in [2.45, 2.75) is 20.4 Å². The molecular formula is C15H20N4. The van der Waals surface area contributed by atoms with E-state index in [1.165, 1.54) is 0 Å². The predicted octanol–water partition coefficient (Wildman–Crippen LogP) is 2.39. The zero-order chi connectivity index (χ0) is 13.7. The van der Waals surface area contributed by atoms with Gasteiger partial charge in [0.1, 0.15) is 0 Å². The molecule has 19 heavy (non-hydrogen) atoms. The van der Waals surface area contributed by atoms with Crippen LogP contribution in [0, 0.1) is 0 Å². The number of benzene rings is 1. The lowest BCUT2D eigenvalue weighted by Crippen LogP contribution is -2.37.